The molecular formula is C5H10NO. The molecule has 1 atom stereocenters. The number of nitrogens with two attached hydrogens (primary N) is 1. The lowest BCUT2D eigenvalue weighted by molar-refractivity contribution is -0.120. The zero-order valence-corrected chi connectivity index (χ0v) is 4.69. The van der Waals surface area contributed by atoms with Crippen LogP contribution in [0.15, 0.2) is 0 Å². The Kier molecular flexibility index (Phi) is 1.53. The molecule has 0 aromatic heterocycles. The van der Waals surface area contributed by atoms with E-state index in [1.165, 1.54) is 6.92 Å². The Morgan fingerprint density at radius 1 is 1.86 bits per heavy atom. The second kappa shape index (κ2) is 1.62. The maximum absolute atomic E-state index is 10.3. The summed E-state index contributed by atoms with van der Waals surface area (Å²) in [5.41, 5.74) is 4.33. The molecule has 0 aliphatic rings. The molecule has 0 bridgehead atoms. The lowest BCUT2D eigenvalue weighted by Gasteiger charge is -2.11. The van der Waals surface area contributed by atoms with E-state index in [1.54, 1.807) is 6.92 Å². The van der Waals surface area contributed by atoms with Gasteiger partial charge in [0.05, 0.1) is 5.54 Å². The minimum atomic E-state index is -0.889. The average Bonchev–Trinajstić information content (AvgIpc) is 1.31. The fraction of sp³-hybridized carbons (Fsp3) is 0.600. The third-order valence-corrected chi connectivity index (χ3v) is 0.804. The van der Waals surface area contributed by atoms with Crippen molar-refractivity contribution >= 4 is 5.78 Å². The van der Waals surface area contributed by atoms with Crippen molar-refractivity contribution in [2.45, 2.75) is 19.4 Å². The SMILES string of the molecule is [CH2]C(C)(N)C(C)=O. The maximum atomic E-state index is 10.3. The summed E-state index contributed by atoms with van der Waals surface area (Å²) in [6, 6.07) is 0. The van der Waals surface area contributed by atoms with Crippen LogP contribution in [0.3, 0.4) is 0 Å². The topological polar surface area (TPSA) is 43.1 Å². The molecule has 0 aromatic rings. The lowest BCUT2D eigenvalue weighted by Crippen LogP contribution is -2.39. The van der Waals surface area contributed by atoms with Gasteiger partial charge in [-0.1, -0.05) is 0 Å². The number of Topliss-reactive ketones (excluding diaryl/α,β-unsaturated/α-hetero) is 1. The summed E-state index contributed by atoms with van der Waals surface area (Å²) in [6.07, 6.45) is 0. The van der Waals surface area contributed by atoms with Crippen LogP contribution in [-0.4, -0.2) is 11.3 Å². The summed E-state index contributed by atoms with van der Waals surface area (Å²) in [7, 11) is 0. The Bertz CT molecular complexity index is 80.6. The van der Waals surface area contributed by atoms with Gasteiger partial charge in [-0.25, -0.2) is 0 Å². The van der Waals surface area contributed by atoms with Gasteiger partial charge in [0.15, 0.2) is 0 Å². The van der Waals surface area contributed by atoms with Gasteiger partial charge in [0, 0.05) is 0 Å². The van der Waals surface area contributed by atoms with Gasteiger partial charge in [0.25, 0.3) is 0 Å². The van der Waals surface area contributed by atoms with Crippen LogP contribution in [-0.2, 0) is 4.79 Å². The first-order chi connectivity index (χ1) is 2.94. The van der Waals surface area contributed by atoms with Crippen LogP contribution in [0, 0.1) is 6.92 Å². The van der Waals surface area contributed by atoms with Gasteiger partial charge in [-0.3, -0.25) is 4.79 Å². The van der Waals surface area contributed by atoms with Crippen molar-refractivity contribution < 1.29 is 4.79 Å². The number of carbonyl (C=O) groups excluding carboxylic acids is 1. The van der Waals surface area contributed by atoms with E-state index in [-0.39, 0.29) is 5.78 Å². The molecule has 2 heteroatoms. The third kappa shape index (κ3) is 2.34. The first-order valence-corrected chi connectivity index (χ1v) is 2.10. The molecule has 0 saturated carbocycles. The number of ketones is 1. The smallest absolute Gasteiger partial charge is 0.149 e. The Morgan fingerprint density at radius 3 is 2.00 bits per heavy atom. The Balaban J connectivity index is 3.79. The van der Waals surface area contributed by atoms with Gasteiger partial charge in [-0.15, -0.1) is 0 Å². The normalized spacial score (nSPS) is 11.4. The molecule has 0 saturated heterocycles. The van der Waals surface area contributed by atoms with Gasteiger partial charge >= 0.3 is 0 Å². The molecule has 0 amide bonds. The Hall–Kier alpha value is -0.370. The molecule has 0 rings (SSSR count). The van der Waals surface area contributed by atoms with E-state index in [2.05, 4.69) is 6.92 Å². The molecule has 7 heavy (non-hydrogen) atoms. The van der Waals surface area contributed by atoms with E-state index >= 15 is 0 Å². The van der Waals surface area contributed by atoms with E-state index in [9.17, 15) is 4.79 Å². The average molecular weight is 100 g/mol. The molecule has 0 aromatic carbocycles. The van der Waals surface area contributed by atoms with E-state index in [0.29, 0.717) is 0 Å². The van der Waals surface area contributed by atoms with Gasteiger partial charge in [-0.05, 0) is 20.8 Å². The van der Waals surface area contributed by atoms with Crippen LogP contribution < -0.4 is 5.73 Å². The molecule has 0 aliphatic carbocycles. The van der Waals surface area contributed by atoms with Crippen molar-refractivity contribution in [1.29, 1.82) is 0 Å². The minimum Gasteiger partial charge on any atom is -0.319 e. The van der Waals surface area contributed by atoms with Crippen LogP contribution >= 0.6 is 0 Å². The molecule has 0 aliphatic heterocycles. The summed E-state index contributed by atoms with van der Waals surface area (Å²) < 4.78 is 0. The van der Waals surface area contributed by atoms with Crippen molar-refractivity contribution in [3.63, 3.8) is 0 Å². The monoisotopic (exact) mass is 100 g/mol. The number of carbonyl (C=O) groups is 1. The first-order valence-electron chi connectivity index (χ1n) is 2.10. The van der Waals surface area contributed by atoms with Crippen molar-refractivity contribution in [2.75, 3.05) is 0 Å². The highest BCUT2D eigenvalue weighted by Gasteiger charge is 2.15. The van der Waals surface area contributed by atoms with Gasteiger partial charge in [0.1, 0.15) is 5.78 Å². The quantitative estimate of drug-likeness (QED) is 0.509. The highest BCUT2D eigenvalue weighted by atomic mass is 16.1. The van der Waals surface area contributed by atoms with Crippen molar-refractivity contribution in [1.82, 2.24) is 0 Å². The van der Waals surface area contributed by atoms with Gasteiger partial charge in [0.2, 0.25) is 0 Å². The highest BCUT2D eigenvalue weighted by molar-refractivity contribution is 5.85. The summed E-state index contributed by atoms with van der Waals surface area (Å²) in [6.45, 7) is 6.40. The van der Waals surface area contributed by atoms with Crippen LogP contribution in [0.4, 0.5) is 0 Å². The zero-order valence-electron chi connectivity index (χ0n) is 4.69. The summed E-state index contributed by atoms with van der Waals surface area (Å²) >= 11 is 0. The van der Waals surface area contributed by atoms with Gasteiger partial charge < -0.3 is 5.73 Å². The first kappa shape index (κ1) is 6.63. The lowest BCUT2D eigenvalue weighted by atomic mass is 10.0. The van der Waals surface area contributed by atoms with Crippen LogP contribution in [0.25, 0.3) is 0 Å². The number of rotatable bonds is 1. The molecule has 1 unspecified atom stereocenters. The molecule has 2 nitrogen and oxygen atoms in total. The Labute approximate surface area is 43.7 Å². The standard InChI is InChI=1S/C5H10NO/c1-4(7)5(2,3)6/h2,6H2,1,3H3. The second-order valence-corrected chi connectivity index (χ2v) is 1.97. The largest absolute Gasteiger partial charge is 0.319 e. The fourth-order valence-electron chi connectivity index (χ4n) is 0. The molecule has 41 valence electrons. The third-order valence-electron chi connectivity index (χ3n) is 0.804. The van der Waals surface area contributed by atoms with Crippen molar-refractivity contribution in [2.24, 2.45) is 5.73 Å². The highest BCUT2D eigenvalue weighted by Crippen LogP contribution is 1.94. The van der Waals surface area contributed by atoms with Crippen LogP contribution in [0.2, 0.25) is 0 Å². The van der Waals surface area contributed by atoms with E-state index < -0.39 is 5.54 Å². The van der Waals surface area contributed by atoms with E-state index in [0.717, 1.165) is 0 Å². The molecule has 0 spiro atoms. The van der Waals surface area contributed by atoms with Crippen molar-refractivity contribution in [3.05, 3.63) is 6.92 Å². The van der Waals surface area contributed by atoms with Crippen LogP contribution in [0.1, 0.15) is 13.8 Å². The molecule has 2 N–H and O–H groups in total. The maximum Gasteiger partial charge on any atom is 0.149 e. The number of hydrogen-bond donors (Lipinski definition) is 1. The summed E-state index contributed by atoms with van der Waals surface area (Å²) in [5, 5.41) is 0. The molecule has 0 heterocycles. The number of hydrogen-bond acceptors (Lipinski definition) is 2. The predicted molar refractivity (Wildman–Crippen MR) is 28.6 cm³/mol. The van der Waals surface area contributed by atoms with Gasteiger partial charge in [-0.2, -0.15) is 0 Å². The fourth-order valence-corrected chi connectivity index (χ4v) is 0. The van der Waals surface area contributed by atoms with Crippen LogP contribution in [0.5, 0.6) is 0 Å². The summed E-state index contributed by atoms with van der Waals surface area (Å²) in [4.78, 5) is 10.3. The van der Waals surface area contributed by atoms with Crippen molar-refractivity contribution in [3.8, 4) is 0 Å². The predicted octanol–water partition coefficient (Wildman–Crippen LogP) is 0.127. The molecular weight excluding hydrogens is 90.1 g/mol. The zero-order chi connectivity index (χ0) is 6.08. The van der Waals surface area contributed by atoms with E-state index in [4.69, 9.17) is 5.73 Å². The second-order valence-electron chi connectivity index (χ2n) is 1.97. The Morgan fingerprint density at radius 2 is 2.00 bits per heavy atom. The summed E-state index contributed by atoms with van der Waals surface area (Å²) in [5.74, 6) is -0.0903. The molecule has 0 fully saturated rings. The minimum absolute atomic E-state index is 0.0903. The van der Waals surface area contributed by atoms with E-state index in [1.807, 2.05) is 0 Å². The molecule has 1 radical (unpaired) electrons.